The number of nitrogens with two attached hydrogens (primary N) is 2. The van der Waals surface area contributed by atoms with Crippen molar-refractivity contribution in [2.75, 3.05) is 12.8 Å². The van der Waals surface area contributed by atoms with Gasteiger partial charge in [0.05, 0.1) is 24.1 Å². The van der Waals surface area contributed by atoms with Gasteiger partial charge in [-0.1, -0.05) is 36.4 Å². The zero-order valence-corrected chi connectivity index (χ0v) is 18.6. The number of thiazole rings is 1. The zero-order valence-electron chi connectivity index (χ0n) is 17.8. The molecule has 4 rings (SSSR count). The van der Waals surface area contributed by atoms with Gasteiger partial charge in [-0.3, -0.25) is 4.79 Å². The largest absolute Gasteiger partial charge is 0.496 e. The summed E-state index contributed by atoms with van der Waals surface area (Å²) in [5, 5.41) is 10.3. The minimum Gasteiger partial charge on any atom is -0.496 e. The molecule has 0 spiro atoms. The number of carbonyl (C=O) groups excluding carboxylic acids is 1. The number of hydrogen-bond donors (Lipinski definition) is 3. The standard InChI is InChI=1S/C23H24N6O2S/c1-14-13-32-23(27-14)29-21(25)18(11-24)20(28-29)16-9-7-15(8-10-16)12-26-22(30)17-5-3-4-6-19(17)31-2/h3-10,13H,11-12,24-25H2,1-2H3,(H,26,30). The van der Waals surface area contributed by atoms with Crippen LogP contribution in [0.3, 0.4) is 0 Å². The molecule has 0 unspecified atom stereocenters. The first-order valence-electron chi connectivity index (χ1n) is 10.0. The first-order chi connectivity index (χ1) is 15.5. The number of amides is 1. The molecular weight excluding hydrogens is 424 g/mol. The van der Waals surface area contributed by atoms with Gasteiger partial charge in [0.2, 0.25) is 5.13 Å². The van der Waals surface area contributed by atoms with Gasteiger partial charge < -0.3 is 21.5 Å². The summed E-state index contributed by atoms with van der Waals surface area (Å²) in [5.74, 6) is 0.838. The molecule has 2 aromatic heterocycles. The molecule has 2 heterocycles. The van der Waals surface area contributed by atoms with Crippen molar-refractivity contribution in [3.05, 3.63) is 76.3 Å². The van der Waals surface area contributed by atoms with Crippen LogP contribution in [0.1, 0.15) is 27.2 Å². The second-order valence-electron chi connectivity index (χ2n) is 7.18. The van der Waals surface area contributed by atoms with Crippen molar-refractivity contribution in [2.24, 2.45) is 5.73 Å². The van der Waals surface area contributed by atoms with Gasteiger partial charge >= 0.3 is 0 Å². The van der Waals surface area contributed by atoms with Crippen LogP contribution >= 0.6 is 11.3 Å². The Hall–Kier alpha value is -3.69. The lowest BCUT2D eigenvalue weighted by molar-refractivity contribution is 0.0948. The molecule has 164 valence electrons. The van der Waals surface area contributed by atoms with Crippen LogP contribution in [-0.2, 0) is 13.1 Å². The first kappa shape index (κ1) is 21.5. The average Bonchev–Trinajstić information content (AvgIpc) is 3.40. The quantitative estimate of drug-likeness (QED) is 0.399. The van der Waals surface area contributed by atoms with Gasteiger partial charge in [0.15, 0.2) is 0 Å². The van der Waals surface area contributed by atoms with E-state index in [1.807, 2.05) is 42.6 Å². The van der Waals surface area contributed by atoms with Crippen LogP contribution in [0.4, 0.5) is 5.82 Å². The smallest absolute Gasteiger partial charge is 0.255 e. The summed E-state index contributed by atoms with van der Waals surface area (Å²) in [7, 11) is 1.55. The van der Waals surface area contributed by atoms with E-state index in [1.165, 1.54) is 11.3 Å². The number of aryl methyl sites for hydroxylation is 1. The number of aromatic nitrogens is 3. The van der Waals surface area contributed by atoms with Crippen LogP contribution in [-0.4, -0.2) is 27.8 Å². The maximum Gasteiger partial charge on any atom is 0.255 e. The summed E-state index contributed by atoms with van der Waals surface area (Å²) in [4.78, 5) is 17.0. The summed E-state index contributed by atoms with van der Waals surface area (Å²) >= 11 is 1.48. The fourth-order valence-electron chi connectivity index (χ4n) is 3.37. The Balaban J connectivity index is 1.52. The van der Waals surface area contributed by atoms with Crippen LogP contribution < -0.4 is 21.5 Å². The van der Waals surface area contributed by atoms with E-state index < -0.39 is 0 Å². The predicted octanol–water partition coefficient (Wildman–Crippen LogP) is 3.28. The third-order valence-electron chi connectivity index (χ3n) is 5.05. The van der Waals surface area contributed by atoms with E-state index >= 15 is 0 Å². The third-order valence-corrected chi connectivity index (χ3v) is 5.98. The Bertz CT molecular complexity index is 1250. The molecule has 1 amide bonds. The Morgan fingerprint density at radius 3 is 2.59 bits per heavy atom. The van der Waals surface area contributed by atoms with E-state index in [0.29, 0.717) is 28.8 Å². The molecule has 0 aliphatic rings. The highest BCUT2D eigenvalue weighted by Gasteiger charge is 2.19. The minimum absolute atomic E-state index is 0.192. The van der Waals surface area contributed by atoms with E-state index in [0.717, 1.165) is 28.1 Å². The highest BCUT2D eigenvalue weighted by Crippen LogP contribution is 2.30. The lowest BCUT2D eigenvalue weighted by atomic mass is 10.1. The summed E-state index contributed by atoms with van der Waals surface area (Å²) in [6, 6.07) is 14.9. The van der Waals surface area contributed by atoms with Gasteiger partial charge in [0, 0.05) is 29.6 Å². The molecule has 0 saturated carbocycles. The second-order valence-corrected chi connectivity index (χ2v) is 8.02. The molecule has 0 aliphatic carbocycles. The monoisotopic (exact) mass is 448 g/mol. The maximum absolute atomic E-state index is 12.5. The lowest BCUT2D eigenvalue weighted by Gasteiger charge is -2.09. The summed E-state index contributed by atoms with van der Waals surface area (Å²) in [6.45, 7) is 2.58. The van der Waals surface area contributed by atoms with Crippen molar-refractivity contribution in [3.63, 3.8) is 0 Å². The summed E-state index contributed by atoms with van der Waals surface area (Å²) in [6.07, 6.45) is 0. The van der Waals surface area contributed by atoms with Gasteiger partial charge in [-0.15, -0.1) is 11.3 Å². The predicted molar refractivity (Wildman–Crippen MR) is 126 cm³/mol. The van der Waals surface area contributed by atoms with Crippen molar-refractivity contribution >= 4 is 23.1 Å². The van der Waals surface area contributed by atoms with Gasteiger partial charge in [0.1, 0.15) is 11.6 Å². The molecule has 8 nitrogen and oxygen atoms in total. The van der Waals surface area contributed by atoms with Crippen molar-refractivity contribution in [1.29, 1.82) is 0 Å². The molecule has 9 heteroatoms. The number of nitrogens with zero attached hydrogens (tertiary/aromatic N) is 3. The highest BCUT2D eigenvalue weighted by molar-refractivity contribution is 7.12. The van der Waals surface area contributed by atoms with Crippen LogP contribution in [0.15, 0.2) is 53.9 Å². The first-order valence-corrected chi connectivity index (χ1v) is 10.9. The SMILES string of the molecule is COc1ccccc1C(=O)NCc1ccc(-c2nn(-c3nc(C)cs3)c(N)c2CN)cc1. The van der Waals surface area contributed by atoms with Crippen LogP contribution in [0.5, 0.6) is 5.75 Å². The number of nitrogen functional groups attached to an aromatic ring is 1. The Kier molecular flexibility index (Phi) is 6.20. The van der Waals surface area contributed by atoms with E-state index in [4.69, 9.17) is 16.2 Å². The molecule has 5 N–H and O–H groups in total. The van der Waals surface area contributed by atoms with Crippen LogP contribution in [0, 0.1) is 6.92 Å². The normalized spacial score (nSPS) is 10.8. The molecule has 0 atom stereocenters. The minimum atomic E-state index is -0.192. The Labute approximate surface area is 189 Å². The zero-order chi connectivity index (χ0) is 22.7. The maximum atomic E-state index is 12.5. The fraction of sp³-hybridized carbons (Fsp3) is 0.174. The molecule has 0 radical (unpaired) electrons. The molecule has 0 aliphatic heterocycles. The van der Waals surface area contributed by atoms with Crippen LogP contribution in [0.25, 0.3) is 16.4 Å². The number of carbonyl (C=O) groups is 1. The molecule has 2 aromatic carbocycles. The van der Waals surface area contributed by atoms with Crippen molar-refractivity contribution < 1.29 is 9.53 Å². The highest BCUT2D eigenvalue weighted by atomic mass is 32.1. The molecule has 4 aromatic rings. The van der Waals surface area contributed by atoms with Crippen LogP contribution in [0.2, 0.25) is 0 Å². The number of ether oxygens (including phenoxy) is 1. The third kappa shape index (κ3) is 4.20. The fourth-order valence-corrected chi connectivity index (χ4v) is 4.14. The number of rotatable bonds is 7. The number of para-hydroxylation sites is 1. The van der Waals surface area contributed by atoms with E-state index in [1.54, 1.807) is 30.0 Å². The molecular formula is C23H24N6O2S. The molecule has 32 heavy (non-hydrogen) atoms. The van der Waals surface area contributed by atoms with Gasteiger partial charge in [0.25, 0.3) is 5.91 Å². The number of anilines is 1. The van der Waals surface area contributed by atoms with Gasteiger partial charge in [-0.25, -0.2) is 4.98 Å². The molecule has 0 fully saturated rings. The second kappa shape index (κ2) is 9.21. The summed E-state index contributed by atoms with van der Waals surface area (Å²) < 4.78 is 6.89. The van der Waals surface area contributed by atoms with E-state index in [2.05, 4.69) is 15.4 Å². The molecule has 0 saturated heterocycles. The van der Waals surface area contributed by atoms with E-state index in [9.17, 15) is 4.79 Å². The summed E-state index contributed by atoms with van der Waals surface area (Å²) in [5.41, 5.74) is 17.0. The number of nitrogens with one attached hydrogen (secondary N) is 1. The van der Waals surface area contributed by atoms with Crippen molar-refractivity contribution in [3.8, 4) is 22.1 Å². The number of methoxy groups -OCH3 is 1. The Morgan fingerprint density at radius 1 is 1.19 bits per heavy atom. The topological polar surface area (TPSA) is 121 Å². The van der Waals surface area contributed by atoms with Crippen molar-refractivity contribution in [1.82, 2.24) is 20.1 Å². The average molecular weight is 449 g/mol. The van der Waals surface area contributed by atoms with Gasteiger partial charge in [-0.2, -0.15) is 9.78 Å². The molecule has 0 bridgehead atoms. The number of hydrogen-bond acceptors (Lipinski definition) is 7. The van der Waals surface area contributed by atoms with Gasteiger partial charge in [-0.05, 0) is 24.6 Å². The Morgan fingerprint density at radius 2 is 1.94 bits per heavy atom. The number of benzene rings is 2. The van der Waals surface area contributed by atoms with Crippen molar-refractivity contribution in [2.45, 2.75) is 20.0 Å². The van der Waals surface area contributed by atoms with E-state index in [-0.39, 0.29) is 12.5 Å². The lowest BCUT2D eigenvalue weighted by Crippen LogP contribution is -2.23.